The van der Waals surface area contributed by atoms with E-state index in [-0.39, 0.29) is 0 Å². The van der Waals surface area contributed by atoms with Gasteiger partial charge in [-0.15, -0.1) is 0 Å². The molecule has 0 spiro atoms. The first-order valence-electron chi connectivity index (χ1n) is 5.96. The first kappa shape index (κ1) is 12.1. The van der Waals surface area contributed by atoms with E-state index in [1.165, 1.54) is 0 Å². The molecule has 1 N–H and O–H groups in total. The van der Waals surface area contributed by atoms with Gasteiger partial charge in [0.2, 0.25) is 0 Å². The third kappa shape index (κ3) is 2.58. The van der Waals surface area contributed by atoms with Gasteiger partial charge < -0.3 is 5.32 Å². The molecule has 0 saturated heterocycles. The quantitative estimate of drug-likeness (QED) is 0.759. The number of rotatable bonds is 2. The van der Waals surface area contributed by atoms with Crippen molar-refractivity contribution >= 4 is 38.3 Å². The molecule has 0 aliphatic carbocycles. The number of fused-ring (bicyclic) bond motifs is 1. The maximum atomic E-state index is 4.38. The van der Waals surface area contributed by atoms with Crippen molar-refractivity contribution in [3.8, 4) is 0 Å². The number of aromatic nitrogens is 2. The predicted molar refractivity (Wildman–Crippen MR) is 81.7 cm³/mol. The molecule has 3 nitrogen and oxygen atoms in total. The summed E-state index contributed by atoms with van der Waals surface area (Å²) in [5, 5.41) is 4.41. The molecule has 3 rings (SSSR count). The molecule has 0 radical (unpaired) electrons. The van der Waals surface area contributed by atoms with Crippen LogP contribution in [0.4, 0.5) is 11.5 Å². The van der Waals surface area contributed by atoms with Crippen molar-refractivity contribution in [3.05, 3.63) is 58.8 Å². The Bertz CT molecular complexity index is 740. The molecule has 2 heterocycles. The fourth-order valence-electron chi connectivity index (χ4n) is 1.92. The first-order chi connectivity index (χ1) is 9.22. The van der Waals surface area contributed by atoms with Crippen molar-refractivity contribution in [1.82, 2.24) is 9.97 Å². The number of anilines is 2. The van der Waals surface area contributed by atoms with Crippen LogP contribution in [0.2, 0.25) is 0 Å². The van der Waals surface area contributed by atoms with Gasteiger partial charge in [0.15, 0.2) is 0 Å². The summed E-state index contributed by atoms with van der Waals surface area (Å²) < 4.78 is 0.957. The second-order valence-electron chi connectivity index (χ2n) is 4.38. The van der Waals surface area contributed by atoms with E-state index in [2.05, 4.69) is 37.3 Å². The molecule has 3 aromatic rings. The van der Waals surface area contributed by atoms with Gasteiger partial charge in [-0.25, -0.2) is 4.98 Å². The monoisotopic (exact) mass is 313 g/mol. The minimum Gasteiger partial charge on any atom is -0.339 e. The van der Waals surface area contributed by atoms with Crippen molar-refractivity contribution in [1.29, 1.82) is 0 Å². The lowest BCUT2D eigenvalue weighted by atomic mass is 10.2. The van der Waals surface area contributed by atoms with Crippen LogP contribution in [0.1, 0.15) is 5.56 Å². The van der Waals surface area contributed by atoms with E-state index in [1.54, 1.807) is 6.20 Å². The van der Waals surface area contributed by atoms with Crippen molar-refractivity contribution in [2.24, 2.45) is 0 Å². The fourth-order valence-corrected chi connectivity index (χ4v) is 2.48. The molecule has 0 unspecified atom stereocenters. The van der Waals surface area contributed by atoms with Gasteiger partial charge in [0.25, 0.3) is 0 Å². The third-order valence-electron chi connectivity index (χ3n) is 2.84. The molecule has 2 aromatic heterocycles. The lowest BCUT2D eigenvalue weighted by molar-refractivity contribution is 1.24. The standard InChI is InChI=1S/C15H12BrN3/c1-10-7-13(16)15(18-9-10)19-12-4-5-14-11(8-12)3-2-6-17-14/h2-9H,1H3,(H,18,19). The molecule has 4 heteroatoms. The van der Waals surface area contributed by atoms with E-state index in [1.807, 2.05) is 43.5 Å². The molecule has 0 aliphatic rings. The fraction of sp³-hybridized carbons (Fsp3) is 0.0667. The Labute approximate surface area is 119 Å². The molecule has 0 amide bonds. The number of pyridine rings is 2. The van der Waals surface area contributed by atoms with Gasteiger partial charge in [-0.1, -0.05) is 6.07 Å². The van der Waals surface area contributed by atoms with E-state index in [4.69, 9.17) is 0 Å². The highest BCUT2D eigenvalue weighted by Crippen LogP contribution is 2.25. The van der Waals surface area contributed by atoms with Gasteiger partial charge >= 0.3 is 0 Å². The van der Waals surface area contributed by atoms with Crippen molar-refractivity contribution < 1.29 is 0 Å². The van der Waals surface area contributed by atoms with Gasteiger partial charge in [0.05, 0.1) is 9.99 Å². The molecule has 19 heavy (non-hydrogen) atoms. The van der Waals surface area contributed by atoms with E-state index in [0.717, 1.165) is 32.4 Å². The van der Waals surface area contributed by atoms with Crippen LogP contribution in [0.3, 0.4) is 0 Å². The number of benzene rings is 1. The molecule has 94 valence electrons. The van der Waals surface area contributed by atoms with Crippen LogP contribution < -0.4 is 5.32 Å². The Morgan fingerprint density at radius 1 is 1.11 bits per heavy atom. The summed E-state index contributed by atoms with van der Waals surface area (Å²) in [6.45, 7) is 2.02. The molecule has 1 aromatic carbocycles. The lowest BCUT2D eigenvalue weighted by Crippen LogP contribution is -1.95. The minimum absolute atomic E-state index is 0.814. The van der Waals surface area contributed by atoms with Crippen LogP contribution in [-0.2, 0) is 0 Å². The molecular weight excluding hydrogens is 302 g/mol. The van der Waals surface area contributed by atoms with E-state index >= 15 is 0 Å². The average Bonchev–Trinajstić information content (AvgIpc) is 2.42. The number of aryl methyl sites for hydroxylation is 1. The van der Waals surface area contributed by atoms with Crippen molar-refractivity contribution in [3.63, 3.8) is 0 Å². The number of hydrogen-bond acceptors (Lipinski definition) is 3. The summed E-state index contributed by atoms with van der Waals surface area (Å²) in [7, 11) is 0. The summed E-state index contributed by atoms with van der Waals surface area (Å²) in [6.07, 6.45) is 3.64. The summed E-state index contributed by atoms with van der Waals surface area (Å²) in [5.74, 6) is 0.814. The van der Waals surface area contributed by atoms with Crippen LogP contribution in [0, 0.1) is 6.92 Å². The number of nitrogens with zero attached hydrogens (tertiary/aromatic N) is 2. The summed E-state index contributed by atoms with van der Waals surface area (Å²) in [5.41, 5.74) is 3.11. The molecule has 0 aliphatic heterocycles. The Morgan fingerprint density at radius 3 is 2.84 bits per heavy atom. The zero-order valence-corrected chi connectivity index (χ0v) is 12.0. The molecule has 0 atom stereocenters. The number of halogens is 1. The number of hydrogen-bond donors (Lipinski definition) is 1. The molecule has 0 bridgehead atoms. The minimum atomic E-state index is 0.814. The van der Waals surface area contributed by atoms with Crippen LogP contribution in [0.25, 0.3) is 10.9 Å². The third-order valence-corrected chi connectivity index (χ3v) is 3.45. The summed E-state index contributed by atoms with van der Waals surface area (Å²) in [6, 6.07) is 12.1. The largest absolute Gasteiger partial charge is 0.339 e. The Kier molecular flexibility index (Phi) is 3.17. The van der Waals surface area contributed by atoms with Crippen LogP contribution in [0.15, 0.2) is 53.3 Å². The zero-order valence-electron chi connectivity index (χ0n) is 10.4. The topological polar surface area (TPSA) is 37.8 Å². The smallest absolute Gasteiger partial charge is 0.144 e. The molecule has 0 saturated carbocycles. The molecule has 0 fully saturated rings. The van der Waals surface area contributed by atoms with Crippen LogP contribution >= 0.6 is 15.9 Å². The normalized spacial score (nSPS) is 10.6. The highest BCUT2D eigenvalue weighted by atomic mass is 79.9. The van der Waals surface area contributed by atoms with Crippen molar-refractivity contribution in [2.45, 2.75) is 6.92 Å². The Morgan fingerprint density at radius 2 is 2.00 bits per heavy atom. The average molecular weight is 314 g/mol. The van der Waals surface area contributed by atoms with E-state index < -0.39 is 0 Å². The van der Waals surface area contributed by atoms with Crippen molar-refractivity contribution in [2.75, 3.05) is 5.32 Å². The predicted octanol–water partition coefficient (Wildman–Crippen LogP) is 4.44. The highest BCUT2D eigenvalue weighted by Gasteiger charge is 2.03. The first-order valence-corrected chi connectivity index (χ1v) is 6.75. The maximum Gasteiger partial charge on any atom is 0.144 e. The van der Waals surface area contributed by atoms with Gasteiger partial charge in [-0.2, -0.15) is 0 Å². The SMILES string of the molecule is Cc1cnc(Nc2ccc3ncccc3c2)c(Br)c1. The molecular formula is C15H12BrN3. The van der Waals surface area contributed by atoms with Crippen LogP contribution in [0.5, 0.6) is 0 Å². The summed E-state index contributed by atoms with van der Waals surface area (Å²) >= 11 is 3.52. The van der Waals surface area contributed by atoms with Crippen LogP contribution in [-0.4, -0.2) is 9.97 Å². The Balaban J connectivity index is 1.96. The second-order valence-corrected chi connectivity index (χ2v) is 5.23. The van der Waals surface area contributed by atoms with Gasteiger partial charge in [0.1, 0.15) is 5.82 Å². The van der Waals surface area contributed by atoms with Gasteiger partial charge in [-0.05, 0) is 58.7 Å². The summed E-state index contributed by atoms with van der Waals surface area (Å²) in [4.78, 5) is 8.69. The second kappa shape index (κ2) is 4.97. The Hall–Kier alpha value is -1.94. The van der Waals surface area contributed by atoms with Gasteiger partial charge in [0, 0.05) is 23.5 Å². The van der Waals surface area contributed by atoms with Gasteiger partial charge in [-0.3, -0.25) is 4.98 Å². The van der Waals surface area contributed by atoms with E-state index in [0.29, 0.717) is 0 Å². The zero-order chi connectivity index (χ0) is 13.2. The highest BCUT2D eigenvalue weighted by molar-refractivity contribution is 9.10. The lowest BCUT2D eigenvalue weighted by Gasteiger charge is -2.08. The number of nitrogens with one attached hydrogen (secondary N) is 1. The van der Waals surface area contributed by atoms with E-state index in [9.17, 15) is 0 Å². The maximum absolute atomic E-state index is 4.38.